The van der Waals surface area contributed by atoms with Crippen molar-refractivity contribution in [2.24, 2.45) is 5.92 Å². The van der Waals surface area contributed by atoms with Crippen molar-refractivity contribution in [2.45, 2.75) is 45.1 Å². The Morgan fingerprint density at radius 3 is 2.48 bits per heavy atom. The van der Waals surface area contributed by atoms with Crippen LogP contribution in [0.5, 0.6) is 0 Å². The van der Waals surface area contributed by atoms with Crippen LogP contribution < -0.4 is 5.32 Å². The Labute approximate surface area is 133 Å². The fraction of sp³-hybridized carbons (Fsp3) is 0.500. The topological polar surface area (TPSA) is 110 Å². The Morgan fingerprint density at radius 2 is 1.96 bits per heavy atom. The van der Waals surface area contributed by atoms with E-state index in [1.165, 1.54) is 6.07 Å². The average molecular weight is 320 g/mol. The lowest BCUT2D eigenvalue weighted by Crippen LogP contribution is -2.29. The van der Waals surface area contributed by atoms with Crippen LogP contribution in [-0.2, 0) is 4.79 Å². The van der Waals surface area contributed by atoms with Crippen molar-refractivity contribution in [3.05, 3.63) is 33.9 Å². The van der Waals surface area contributed by atoms with E-state index < -0.39 is 10.9 Å². The number of carboxylic acids is 1. The molecule has 1 aliphatic carbocycles. The van der Waals surface area contributed by atoms with Crippen LogP contribution in [0.1, 0.15) is 49.4 Å². The Bertz CT molecular complexity index is 621. The maximum absolute atomic E-state index is 11.7. The number of hydrogen-bond acceptors (Lipinski definition) is 5. The molecule has 0 saturated heterocycles. The molecule has 0 aliphatic heterocycles. The second-order valence-corrected chi connectivity index (χ2v) is 5.80. The van der Waals surface area contributed by atoms with Crippen LogP contribution in [-0.4, -0.2) is 27.8 Å². The average Bonchev–Trinajstić information content (AvgIpc) is 2.54. The molecule has 1 aromatic carbocycles. The molecule has 124 valence electrons. The second-order valence-electron chi connectivity index (χ2n) is 5.80. The van der Waals surface area contributed by atoms with Crippen molar-refractivity contribution in [2.75, 3.05) is 5.32 Å². The van der Waals surface area contributed by atoms with Crippen LogP contribution in [0, 0.1) is 16.0 Å². The molecule has 0 aromatic heterocycles. The highest BCUT2D eigenvalue weighted by atomic mass is 16.6. The molecule has 0 heterocycles. The van der Waals surface area contributed by atoms with Gasteiger partial charge >= 0.3 is 5.97 Å². The molecule has 1 fully saturated rings. The van der Waals surface area contributed by atoms with Gasteiger partial charge in [0.2, 0.25) is 0 Å². The molecular formula is C16H20N2O5. The van der Waals surface area contributed by atoms with E-state index in [2.05, 4.69) is 5.32 Å². The fourth-order valence-corrected chi connectivity index (χ4v) is 2.89. The quantitative estimate of drug-likeness (QED) is 0.473. The highest BCUT2D eigenvalue weighted by Crippen LogP contribution is 2.31. The molecule has 0 unspecified atom stereocenters. The molecule has 0 radical (unpaired) electrons. The molecular weight excluding hydrogens is 300 g/mol. The maximum atomic E-state index is 11.7. The number of rotatable bonds is 6. The van der Waals surface area contributed by atoms with Gasteiger partial charge in [-0.15, -0.1) is 0 Å². The summed E-state index contributed by atoms with van der Waals surface area (Å²) < 4.78 is 0. The summed E-state index contributed by atoms with van der Waals surface area (Å²) in [7, 11) is 0. The summed E-state index contributed by atoms with van der Waals surface area (Å²) in [5, 5.41) is 23.4. The number of ketones is 1. The lowest BCUT2D eigenvalue weighted by Gasteiger charge is -2.27. The van der Waals surface area contributed by atoms with Crippen molar-refractivity contribution in [3.8, 4) is 0 Å². The molecule has 7 nitrogen and oxygen atoms in total. The van der Waals surface area contributed by atoms with Crippen molar-refractivity contribution < 1.29 is 19.6 Å². The smallest absolute Gasteiger partial charge is 0.306 e. The highest BCUT2D eigenvalue weighted by molar-refractivity contribution is 5.97. The molecule has 0 spiro atoms. The molecule has 23 heavy (non-hydrogen) atoms. The number of anilines is 1. The maximum Gasteiger partial charge on any atom is 0.306 e. The molecule has 0 amide bonds. The van der Waals surface area contributed by atoms with E-state index in [9.17, 15) is 19.7 Å². The fourth-order valence-electron chi connectivity index (χ4n) is 2.89. The van der Waals surface area contributed by atoms with Crippen LogP contribution in [0.4, 0.5) is 11.4 Å². The summed E-state index contributed by atoms with van der Waals surface area (Å²) in [5.41, 5.74) is 0.588. The Balaban J connectivity index is 2.12. The predicted octanol–water partition coefficient (Wildman–Crippen LogP) is 3.24. The molecule has 7 heteroatoms. The number of aliphatic carboxylic acids is 1. The van der Waals surface area contributed by atoms with E-state index in [1.54, 1.807) is 19.1 Å². The van der Waals surface area contributed by atoms with Gasteiger partial charge in [-0.05, 0) is 37.8 Å². The number of carbonyl (C=O) groups excluding carboxylic acids is 1. The molecule has 1 aliphatic rings. The van der Waals surface area contributed by atoms with Gasteiger partial charge in [-0.2, -0.15) is 0 Å². The third kappa shape index (κ3) is 4.06. The molecule has 2 N–H and O–H groups in total. The number of nitro groups is 1. The number of hydrogen-bond donors (Lipinski definition) is 2. The number of nitrogens with one attached hydrogen (secondary N) is 1. The lowest BCUT2D eigenvalue weighted by atomic mass is 9.86. The van der Waals surface area contributed by atoms with E-state index in [4.69, 9.17) is 5.11 Å². The number of nitrogens with zero attached hydrogens (tertiary/aromatic N) is 1. The first-order chi connectivity index (χ1) is 10.9. The molecule has 1 saturated carbocycles. The standard InChI is InChI=1S/C16H20N2O5/c1-2-15(19)11-5-8-13(14(9-11)18(22)23)17-12-6-3-10(4-7-12)16(20)21/h5,8-10,12,17H,2-4,6-7H2,1H3,(H,20,21). The zero-order chi connectivity index (χ0) is 17.0. The Kier molecular flexibility index (Phi) is 5.31. The normalized spacial score (nSPS) is 20.7. The molecule has 0 bridgehead atoms. The van der Waals surface area contributed by atoms with Gasteiger partial charge in [-0.3, -0.25) is 19.7 Å². The zero-order valence-electron chi connectivity index (χ0n) is 12.9. The van der Waals surface area contributed by atoms with Crippen molar-refractivity contribution >= 4 is 23.1 Å². The summed E-state index contributed by atoms with van der Waals surface area (Å²) in [6.07, 6.45) is 2.73. The van der Waals surface area contributed by atoms with Gasteiger partial charge < -0.3 is 10.4 Å². The van der Waals surface area contributed by atoms with Crippen molar-refractivity contribution in [1.82, 2.24) is 0 Å². The summed E-state index contributed by atoms with van der Waals surface area (Å²) in [6, 6.07) is 4.46. The summed E-state index contributed by atoms with van der Waals surface area (Å²) in [6.45, 7) is 1.71. The second kappa shape index (κ2) is 7.21. The van der Waals surface area contributed by atoms with E-state index in [1.807, 2.05) is 0 Å². The first-order valence-electron chi connectivity index (χ1n) is 7.73. The van der Waals surface area contributed by atoms with Crippen molar-refractivity contribution in [3.63, 3.8) is 0 Å². The number of nitro benzene ring substituents is 1. The zero-order valence-corrected chi connectivity index (χ0v) is 12.9. The summed E-state index contributed by atoms with van der Waals surface area (Å²) >= 11 is 0. The van der Waals surface area contributed by atoms with Gasteiger partial charge in [-0.1, -0.05) is 6.92 Å². The van der Waals surface area contributed by atoms with Gasteiger partial charge in [0.25, 0.3) is 5.69 Å². The SMILES string of the molecule is CCC(=O)c1ccc(NC2CCC(C(=O)O)CC2)c([N+](=O)[O-])c1. The Morgan fingerprint density at radius 1 is 1.30 bits per heavy atom. The van der Waals surface area contributed by atoms with Crippen LogP contribution in [0.25, 0.3) is 0 Å². The summed E-state index contributed by atoms with van der Waals surface area (Å²) in [5.74, 6) is -1.24. The minimum absolute atomic E-state index is 0.0111. The predicted molar refractivity (Wildman–Crippen MR) is 84.7 cm³/mol. The van der Waals surface area contributed by atoms with Crippen LogP contribution in [0.2, 0.25) is 0 Å². The minimum atomic E-state index is -0.781. The van der Waals surface area contributed by atoms with Gasteiger partial charge in [-0.25, -0.2) is 0 Å². The van der Waals surface area contributed by atoms with E-state index >= 15 is 0 Å². The molecule has 0 atom stereocenters. The number of benzene rings is 1. The number of carbonyl (C=O) groups is 2. The van der Waals surface area contributed by atoms with Gasteiger partial charge in [0.1, 0.15) is 5.69 Å². The van der Waals surface area contributed by atoms with Gasteiger partial charge in [0, 0.05) is 24.1 Å². The minimum Gasteiger partial charge on any atom is -0.481 e. The highest BCUT2D eigenvalue weighted by Gasteiger charge is 2.27. The van der Waals surface area contributed by atoms with Crippen LogP contribution in [0.3, 0.4) is 0 Å². The van der Waals surface area contributed by atoms with Gasteiger partial charge in [0.15, 0.2) is 5.78 Å². The lowest BCUT2D eigenvalue weighted by molar-refractivity contribution is -0.384. The monoisotopic (exact) mass is 320 g/mol. The first-order valence-corrected chi connectivity index (χ1v) is 7.73. The van der Waals surface area contributed by atoms with Gasteiger partial charge in [0.05, 0.1) is 10.8 Å². The van der Waals surface area contributed by atoms with Crippen LogP contribution >= 0.6 is 0 Å². The third-order valence-electron chi connectivity index (χ3n) is 4.27. The van der Waals surface area contributed by atoms with E-state index in [-0.39, 0.29) is 23.4 Å². The van der Waals surface area contributed by atoms with E-state index in [0.717, 1.165) is 0 Å². The summed E-state index contributed by atoms with van der Waals surface area (Å²) in [4.78, 5) is 33.4. The first kappa shape index (κ1) is 16.9. The van der Waals surface area contributed by atoms with Crippen LogP contribution in [0.15, 0.2) is 18.2 Å². The largest absolute Gasteiger partial charge is 0.481 e. The number of carboxylic acid groups (broad SMARTS) is 1. The van der Waals surface area contributed by atoms with E-state index in [0.29, 0.717) is 43.4 Å². The Hall–Kier alpha value is -2.44. The van der Waals surface area contributed by atoms with Crippen molar-refractivity contribution in [1.29, 1.82) is 0 Å². The molecule has 1 aromatic rings. The third-order valence-corrected chi connectivity index (χ3v) is 4.27. The number of Topliss-reactive ketones (excluding diaryl/α,β-unsaturated/α-hetero) is 1. The molecule has 2 rings (SSSR count).